The lowest BCUT2D eigenvalue weighted by molar-refractivity contribution is -0.120. The molecule has 82 valence electrons. The number of aryl methyl sites for hydroxylation is 1. The molecule has 0 unspecified atom stereocenters. The molecule has 1 heterocycles. The van der Waals surface area contributed by atoms with Gasteiger partial charge in [0.2, 0.25) is 0 Å². The molecule has 1 rings (SSSR count). The molecule has 15 heavy (non-hydrogen) atoms. The van der Waals surface area contributed by atoms with E-state index in [0.717, 1.165) is 5.56 Å². The van der Waals surface area contributed by atoms with Crippen LogP contribution in [0.15, 0.2) is 12.3 Å². The first-order valence-electron chi connectivity index (χ1n) is 4.73. The molecule has 0 saturated carbocycles. The van der Waals surface area contributed by atoms with Crippen LogP contribution in [0.4, 0.5) is 11.5 Å². The maximum atomic E-state index is 11.3. The Morgan fingerprint density at radius 2 is 2.40 bits per heavy atom. The molecule has 5 heteroatoms. The van der Waals surface area contributed by atoms with E-state index in [4.69, 9.17) is 10.5 Å². The van der Waals surface area contributed by atoms with Gasteiger partial charge < -0.3 is 15.8 Å². The number of carbonyl (C=O) groups is 1. The van der Waals surface area contributed by atoms with Gasteiger partial charge in [-0.15, -0.1) is 0 Å². The van der Waals surface area contributed by atoms with Gasteiger partial charge in [-0.05, 0) is 25.5 Å². The summed E-state index contributed by atoms with van der Waals surface area (Å²) < 4.78 is 4.97. The Morgan fingerprint density at radius 3 is 3.00 bits per heavy atom. The summed E-state index contributed by atoms with van der Waals surface area (Å²) in [5.74, 6) is 0.311. The predicted octanol–water partition coefficient (Wildman–Crippen LogP) is 0.947. The second-order valence-corrected chi connectivity index (χ2v) is 3.12. The van der Waals surface area contributed by atoms with Gasteiger partial charge >= 0.3 is 0 Å². The third-order valence-corrected chi connectivity index (χ3v) is 1.79. The smallest absolute Gasteiger partial charge is 0.251 e. The van der Waals surface area contributed by atoms with Crippen LogP contribution >= 0.6 is 0 Å². The van der Waals surface area contributed by atoms with Gasteiger partial charge in [0.05, 0.1) is 11.9 Å². The van der Waals surface area contributed by atoms with Crippen LogP contribution < -0.4 is 11.1 Å². The molecule has 0 fully saturated rings. The molecule has 0 radical (unpaired) electrons. The number of ether oxygens (including phenoxy) is 1. The van der Waals surface area contributed by atoms with Crippen molar-refractivity contribution in [2.75, 3.05) is 24.3 Å². The molecule has 0 saturated heterocycles. The number of anilines is 2. The first-order chi connectivity index (χ1) is 7.13. The Hall–Kier alpha value is -1.62. The molecule has 0 spiro atoms. The molecule has 3 N–H and O–H groups in total. The summed E-state index contributed by atoms with van der Waals surface area (Å²) >= 11 is 0. The fraction of sp³-hybridized carbons (Fsp3) is 0.400. The number of amides is 1. The maximum absolute atomic E-state index is 11.3. The van der Waals surface area contributed by atoms with Crippen LogP contribution in [0.5, 0.6) is 0 Å². The predicted molar refractivity (Wildman–Crippen MR) is 58.5 cm³/mol. The average Bonchev–Trinajstić information content (AvgIpc) is 2.19. The zero-order chi connectivity index (χ0) is 11.3. The molecule has 5 nitrogen and oxygen atoms in total. The number of hydrogen-bond donors (Lipinski definition) is 2. The summed E-state index contributed by atoms with van der Waals surface area (Å²) in [6.07, 6.45) is 1.50. The van der Waals surface area contributed by atoms with E-state index in [1.165, 1.54) is 6.20 Å². The van der Waals surface area contributed by atoms with Crippen LogP contribution in [-0.4, -0.2) is 24.1 Å². The maximum Gasteiger partial charge on any atom is 0.251 e. The SMILES string of the molecule is CCOCC(=O)Nc1ncc(N)cc1C. The van der Waals surface area contributed by atoms with Crippen LogP contribution in [0.3, 0.4) is 0 Å². The molecular formula is C10H15N3O2. The molecule has 0 atom stereocenters. The fourth-order valence-corrected chi connectivity index (χ4v) is 1.09. The van der Waals surface area contributed by atoms with Crippen molar-refractivity contribution in [2.45, 2.75) is 13.8 Å². The van der Waals surface area contributed by atoms with Crippen molar-refractivity contribution in [3.63, 3.8) is 0 Å². The van der Waals surface area contributed by atoms with E-state index in [1.807, 2.05) is 13.8 Å². The van der Waals surface area contributed by atoms with Crippen molar-refractivity contribution in [1.29, 1.82) is 0 Å². The molecular weight excluding hydrogens is 194 g/mol. The highest BCUT2D eigenvalue weighted by Gasteiger charge is 2.05. The summed E-state index contributed by atoms with van der Waals surface area (Å²) in [6, 6.07) is 1.75. The van der Waals surface area contributed by atoms with Crippen LogP contribution in [0, 0.1) is 6.92 Å². The Kier molecular flexibility index (Phi) is 4.05. The number of nitrogen functional groups attached to an aromatic ring is 1. The number of nitrogens with one attached hydrogen (secondary N) is 1. The molecule has 0 bridgehead atoms. The molecule has 1 amide bonds. The van der Waals surface area contributed by atoms with Crippen molar-refractivity contribution in [1.82, 2.24) is 4.98 Å². The summed E-state index contributed by atoms with van der Waals surface area (Å²) in [7, 11) is 0. The minimum absolute atomic E-state index is 0.0436. The third-order valence-electron chi connectivity index (χ3n) is 1.79. The number of nitrogens with zero attached hydrogens (tertiary/aromatic N) is 1. The van der Waals surface area contributed by atoms with Crippen molar-refractivity contribution >= 4 is 17.4 Å². The summed E-state index contributed by atoms with van der Waals surface area (Å²) in [5.41, 5.74) is 6.95. The van der Waals surface area contributed by atoms with E-state index < -0.39 is 0 Å². The summed E-state index contributed by atoms with van der Waals surface area (Å²) in [6.45, 7) is 4.23. The number of aromatic nitrogens is 1. The van der Waals surface area contributed by atoms with Crippen LogP contribution in [0.1, 0.15) is 12.5 Å². The Labute approximate surface area is 88.6 Å². The highest BCUT2D eigenvalue weighted by atomic mass is 16.5. The minimum Gasteiger partial charge on any atom is -0.397 e. The van der Waals surface area contributed by atoms with Crippen molar-refractivity contribution in [2.24, 2.45) is 0 Å². The lowest BCUT2D eigenvalue weighted by atomic mass is 10.2. The Balaban J connectivity index is 2.60. The third kappa shape index (κ3) is 3.55. The molecule has 0 aliphatic rings. The van der Waals surface area contributed by atoms with E-state index in [9.17, 15) is 4.79 Å². The number of carbonyl (C=O) groups excluding carboxylic acids is 1. The highest BCUT2D eigenvalue weighted by Crippen LogP contribution is 2.13. The zero-order valence-electron chi connectivity index (χ0n) is 8.91. The van der Waals surface area contributed by atoms with Crippen molar-refractivity contribution in [3.05, 3.63) is 17.8 Å². The van der Waals surface area contributed by atoms with Gasteiger partial charge in [-0.2, -0.15) is 0 Å². The summed E-state index contributed by atoms with van der Waals surface area (Å²) in [5, 5.41) is 2.64. The summed E-state index contributed by atoms with van der Waals surface area (Å²) in [4.78, 5) is 15.3. The van der Waals surface area contributed by atoms with Gasteiger partial charge in [0.1, 0.15) is 12.4 Å². The minimum atomic E-state index is -0.211. The molecule has 0 aliphatic carbocycles. The van der Waals surface area contributed by atoms with Gasteiger partial charge in [-0.25, -0.2) is 4.98 Å². The topological polar surface area (TPSA) is 77.2 Å². The van der Waals surface area contributed by atoms with Gasteiger partial charge in [-0.1, -0.05) is 0 Å². The highest BCUT2D eigenvalue weighted by molar-refractivity contribution is 5.91. The van der Waals surface area contributed by atoms with Crippen LogP contribution in [0.2, 0.25) is 0 Å². The lowest BCUT2D eigenvalue weighted by Crippen LogP contribution is -2.19. The van der Waals surface area contributed by atoms with Gasteiger partial charge in [0, 0.05) is 6.61 Å². The number of hydrogen-bond acceptors (Lipinski definition) is 4. The monoisotopic (exact) mass is 209 g/mol. The van der Waals surface area contributed by atoms with Crippen molar-refractivity contribution in [3.8, 4) is 0 Å². The quantitative estimate of drug-likeness (QED) is 0.773. The Morgan fingerprint density at radius 1 is 1.67 bits per heavy atom. The molecule has 1 aromatic rings. The molecule has 0 aliphatic heterocycles. The van der Waals surface area contributed by atoms with E-state index in [1.54, 1.807) is 6.07 Å². The van der Waals surface area contributed by atoms with E-state index >= 15 is 0 Å². The van der Waals surface area contributed by atoms with Gasteiger partial charge in [-0.3, -0.25) is 4.79 Å². The van der Waals surface area contributed by atoms with Gasteiger partial charge in [0.25, 0.3) is 5.91 Å². The van der Waals surface area contributed by atoms with E-state index in [-0.39, 0.29) is 12.5 Å². The number of pyridine rings is 1. The normalized spacial score (nSPS) is 10.0. The fourth-order valence-electron chi connectivity index (χ4n) is 1.09. The van der Waals surface area contributed by atoms with E-state index in [2.05, 4.69) is 10.3 Å². The van der Waals surface area contributed by atoms with Crippen LogP contribution in [0.25, 0.3) is 0 Å². The lowest BCUT2D eigenvalue weighted by Gasteiger charge is -2.07. The van der Waals surface area contributed by atoms with Crippen LogP contribution in [-0.2, 0) is 9.53 Å². The number of rotatable bonds is 4. The van der Waals surface area contributed by atoms with Crippen molar-refractivity contribution < 1.29 is 9.53 Å². The first kappa shape index (κ1) is 11.5. The Bertz CT molecular complexity index is 353. The first-order valence-corrected chi connectivity index (χ1v) is 4.73. The largest absolute Gasteiger partial charge is 0.397 e. The molecule has 0 aromatic carbocycles. The average molecular weight is 209 g/mol. The molecule has 1 aromatic heterocycles. The second-order valence-electron chi connectivity index (χ2n) is 3.12. The second kappa shape index (κ2) is 5.31. The van der Waals surface area contributed by atoms with Gasteiger partial charge in [0.15, 0.2) is 0 Å². The standard InChI is InChI=1S/C10H15N3O2/c1-3-15-6-9(14)13-10-7(2)4-8(11)5-12-10/h4-5H,3,6,11H2,1-2H3,(H,12,13,14). The number of nitrogens with two attached hydrogens (primary N) is 1. The van der Waals surface area contributed by atoms with E-state index in [0.29, 0.717) is 18.1 Å². The zero-order valence-corrected chi connectivity index (χ0v) is 8.91.